The van der Waals surface area contributed by atoms with E-state index >= 15 is 0 Å². The van der Waals surface area contributed by atoms with Crippen molar-refractivity contribution in [1.82, 2.24) is 9.88 Å². The monoisotopic (exact) mass is 261 g/mol. The summed E-state index contributed by atoms with van der Waals surface area (Å²) in [7, 11) is 2.17. The highest BCUT2D eigenvalue weighted by atomic mass is 16.4. The average molecular weight is 261 g/mol. The molecule has 0 atom stereocenters. The molecule has 0 spiro atoms. The van der Waals surface area contributed by atoms with Crippen LogP contribution in [0.2, 0.25) is 0 Å². The summed E-state index contributed by atoms with van der Waals surface area (Å²) in [6, 6.07) is 9.06. The molecule has 0 bridgehead atoms. The Morgan fingerprint density at radius 3 is 2.79 bits per heavy atom. The van der Waals surface area contributed by atoms with Gasteiger partial charge in [0.05, 0.1) is 0 Å². The van der Waals surface area contributed by atoms with Gasteiger partial charge in [0.15, 0.2) is 5.58 Å². The molecule has 0 amide bonds. The lowest BCUT2D eigenvalue weighted by Gasteiger charge is -2.20. The molecule has 0 saturated heterocycles. The Hall–Kier alpha value is -1.55. The molecule has 4 heteroatoms. The molecule has 0 unspecified atom stereocenters. The van der Waals surface area contributed by atoms with E-state index in [0.29, 0.717) is 12.1 Å². The molecule has 1 heterocycles. The largest absolute Gasteiger partial charge is 0.424 e. The topological polar surface area (TPSA) is 41.3 Å². The third kappa shape index (κ3) is 3.96. The maximum Gasteiger partial charge on any atom is 0.295 e. The van der Waals surface area contributed by atoms with Gasteiger partial charge in [0.1, 0.15) is 5.52 Å². The van der Waals surface area contributed by atoms with Crippen molar-refractivity contribution < 1.29 is 4.42 Å². The van der Waals surface area contributed by atoms with Gasteiger partial charge in [0, 0.05) is 12.6 Å². The zero-order valence-corrected chi connectivity index (χ0v) is 12.0. The molecule has 1 N–H and O–H groups in total. The molecular weight excluding hydrogens is 238 g/mol. The molecule has 1 aromatic carbocycles. The van der Waals surface area contributed by atoms with E-state index in [2.05, 4.69) is 36.1 Å². The maximum absolute atomic E-state index is 5.60. The predicted molar refractivity (Wildman–Crippen MR) is 79.5 cm³/mol. The first-order valence-electron chi connectivity index (χ1n) is 6.96. The number of anilines is 1. The Morgan fingerprint density at radius 2 is 2.05 bits per heavy atom. The molecule has 0 radical (unpaired) electrons. The highest BCUT2D eigenvalue weighted by Crippen LogP contribution is 2.17. The first-order chi connectivity index (χ1) is 9.16. The summed E-state index contributed by atoms with van der Waals surface area (Å²) in [4.78, 5) is 6.75. The lowest BCUT2D eigenvalue weighted by atomic mass is 10.2. The number of benzene rings is 1. The number of para-hydroxylation sites is 2. The van der Waals surface area contributed by atoms with Crippen LogP contribution < -0.4 is 5.32 Å². The van der Waals surface area contributed by atoms with Crippen LogP contribution in [-0.2, 0) is 0 Å². The normalized spacial score (nSPS) is 11.6. The van der Waals surface area contributed by atoms with Crippen LogP contribution in [0.3, 0.4) is 0 Å². The second kappa shape index (κ2) is 6.57. The molecule has 0 aliphatic carbocycles. The van der Waals surface area contributed by atoms with Crippen molar-refractivity contribution in [3.05, 3.63) is 24.3 Å². The number of unbranched alkanes of at least 4 members (excludes halogenated alkanes) is 1. The first-order valence-corrected chi connectivity index (χ1v) is 6.96. The van der Waals surface area contributed by atoms with Crippen molar-refractivity contribution in [3.63, 3.8) is 0 Å². The fourth-order valence-electron chi connectivity index (χ4n) is 1.89. The summed E-state index contributed by atoms with van der Waals surface area (Å²) in [6.45, 7) is 6.47. The lowest BCUT2D eigenvalue weighted by Crippen LogP contribution is -2.27. The van der Waals surface area contributed by atoms with E-state index in [1.165, 1.54) is 6.42 Å². The lowest BCUT2D eigenvalue weighted by molar-refractivity contribution is 0.269. The van der Waals surface area contributed by atoms with Crippen LogP contribution >= 0.6 is 0 Å². The first kappa shape index (κ1) is 13.9. The SMILES string of the molecule is CC(C)N(C)CCCCNc1nc2ccccc2o1. The number of nitrogens with one attached hydrogen (secondary N) is 1. The molecule has 0 aliphatic heterocycles. The molecule has 0 fully saturated rings. The maximum atomic E-state index is 5.60. The zero-order valence-electron chi connectivity index (χ0n) is 12.0. The molecule has 2 aromatic rings. The van der Waals surface area contributed by atoms with E-state index in [4.69, 9.17) is 4.42 Å². The van der Waals surface area contributed by atoms with Crippen LogP contribution in [0.25, 0.3) is 11.1 Å². The summed E-state index contributed by atoms with van der Waals surface area (Å²) in [5.41, 5.74) is 1.74. The minimum atomic E-state index is 0.616. The van der Waals surface area contributed by atoms with Gasteiger partial charge in [-0.15, -0.1) is 0 Å². The second-order valence-corrected chi connectivity index (χ2v) is 5.19. The minimum Gasteiger partial charge on any atom is -0.424 e. The van der Waals surface area contributed by atoms with Crippen LogP contribution in [0.5, 0.6) is 0 Å². The molecule has 0 aliphatic rings. The number of oxazole rings is 1. The van der Waals surface area contributed by atoms with Gasteiger partial charge in [-0.1, -0.05) is 12.1 Å². The Labute approximate surface area is 114 Å². The fraction of sp³-hybridized carbons (Fsp3) is 0.533. The molecule has 104 valence electrons. The molecule has 4 nitrogen and oxygen atoms in total. The van der Waals surface area contributed by atoms with E-state index in [1.54, 1.807) is 0 Å². The van der Waals surface area contributed by atoms with E-state index in [0.717, 1.165) is 30.6 Å². The molecule has 0 saturated carbocycles. The highest BCUT2D eigenvalue weighted by Gasteiger charge is 2.04. The zero-order chi connectivity index (χ0) is 13.7. The Morgan fingerprint density at radius 1 is 1.26 bits per heavy atom. The summed E-state index contributed by atoms with van der Waals surface area (Å²) in [5.74, 6) is 0. The number of fused-ring (bicyclic) bond motifs is 1. The molecule has 19 heavy (non-hydrogen) atoms. The number of rotatable bonds is 7. The quantitative estimate of drug-likeness (QED) is 0.776. The van der Waals surface area contributed by atoms with Gasteiger partial charge in [-0.05, 0) is 52.4 Å². The van der Waals surface area contributed by atoms with Gasteiger partial charge >= 0.3 is 0 Å². The Balaban J connectivity index is 1.71. The standard InChI is InChI=1S/C15H23N3O/c1-12(2)18(3)11-7-6-10-16-15-17-13-8-4-5-9-14(13)19-15/h4-5,8-9,12H,6-7,10-11H2,1-3H3,(H,16,17). The minimum absolute atomic E-state index is 0.616. The Bertz CT molecular complexity index is 474. The summed E-state index contributed by atoms with van der Waals surface area (Å²) in [6.07, 6.45) is 2.30. The summed E-state index contributed by atoms with van der Waals surface area (Å²) in [5, 5.41) is 3.24. The van der Waals surface area contributed by atoms with Gasteiger partial charge < -0.3 is 14.6 Å². The smallest absolute Gasteiger partial charge is 0.295 e. The van der Waals surface area contributed by atoms with Crippen molar-refractivity contribution in [2.75, 3.05) is 25.5 Å². The van der Waals surface area contributed by atoms with Gasteiger partial charge in [-0.25, -0.2) is 0 Å². The number of aromatic nitrogens is 1. The molecular formula is C15H23N3O. The summed E-state index contributed by atoms with van der Waals surface area (Å²) < 4.78 is 5.60. The molecule has 2 rings (SSSR count). The number of hydrogen-bond donors (Lipinski definition) is 1. The second-order valence-electron chi connectivity index (χ2n) is 5.19. The van der Waals surface area contributed by atoms with Crippen LogP contribution in [0.4, 0.5) is 6.01 Å². The van der Waals surface area contributed by atoms with Crippen LogP contribution in [0.1, 0.15) is 26.7 Å². The van der Waals surface area contributed by atoms with Gasteiger partial charge in [0.25, 0.3) is 6.01 Å². The van der Waals surface area contributed by atoms with Gasteiger partial charge in [0.2, 0.25) is 0 Å². The van der Waals surface area contributed by atoms with Gasteiger partial charge in [-0.2, -0.15) is 4.98 Å². The molecule has 1 aromatic heterocycles. The van der Waals surface area contributed by atoms with Crippen LogP contribution in [-0.4, -0.2) is 36.1 Å². The van der Waals surface area contributed by atoms with Crippen molar-refractivity contribution in [3.8, 4) is 0 Å². The van der Waals surface area contributed by atoms with Crippen LogP contribution in [0, 0.1) is 0 Å². The van der Waals surface area contributed by atoms with E-state index in [9.17, 15) is 0 Å². The van der Waals surface area contributed by atoms with E-state index < -0.39 is 0 Å². The Kier molecular flexibility index (Phi) is 4.80. The van der Waals surface area contributed by atoms with E-state index in [1.807, 2.05) is 24.3 Å². The van der Waals surface area contributed by atoms with Gasteiger partial charge in [-0.3, -0.25) is 0 Å². The third-order valence-corrected chi connectivity index (χ3v) is 3.39. The van der Waals surface area contributed by atoms with Crippen molar-refractivity contribution in [2.45, 2.75) is 32.7 Å². The van der Waals surface area contributed by atoms with Crippen molar-refractivity contribution in [1.29, 1.82) is 0 Å². The number of nitrogens with zero attached hydrogens (tertiary/aromatic N) is 2. The van der Waals surface area contributed by atoms with Crippen molar-refractivity contribution >= 4 is 17.1 Å². The van der Waals surface area contributed by atoms with Crippen LogP contribution in [0.15, 0.2) is 28.7 Å². The van der Waals surface area contributed by atoms with E-state index in [-0.39, 0.29) is 0 Å². The fourth-order valence-corrected chi connectivity index (χ4v) is 1.89. The third-order valence-electron chi connectivity index (χ3n) is 3.39. The average Bonchev–Trinajstić information content (AvgIpc) is 2.80. The van der Waals surface area contributed by atoms with Crippen molar-refractivity contribution in [2.24, 2.45) is 0 Å². The number of hydrogen-bond acceptors (Lipinski definition) is 4. The predicted octanol–water partition coefficient (Wildman–Crippen LogP) is 3.36. The highest BCUT2D eigenvalue weighted by molar-refractivity contribution is 5.74. The summed E-state index contributed by atoms with van der Waals surface area (Å²) >= 11 is 0.